The van der Waals surface area contributed by atoms with E-state index in [1.807, 2.05) is 0 Å². The van der Waals surface area contributed by atoms with Crippen molar-refractivity contribution in [3.63, 3.8) is 0 Å². The Labute approximate surface area is 118 Å². The van der Waals surface area contributed by atoms with E-state index in [-0.39, 0.29) is 0 Å². The van der Waals surface area contributed by atoms with Crippen LogP contribution in [0.5, 0.6) is 0 Å². The monoisotopic (exact) mass is 257 g/mol. The van der Waals surface area contributed by atoms with Crippen LogP contribution in [-0.4, -0.2) is 4.57 Å². The zero-order valence-corrected chi connectivity index (χ0v) is 11.4. The summed E-state index contributed by atoms with van der Waals surface area (Å²) in [4.78, 5) is 0. The van der Waals surface area contributed by atoms with E-state index in [9.17, 15) is 0 Å². The maximum Gasteiger partial charge on any atom is 0.0606 e. The minimum Gasteiger partial charge on any atom is -0.316 e. The second-order valence-electron chi connectivity index (χ2n) is 5.25. The Kier molecular flexibility index (Phi) is 2.40. The third-order valence-corrected chi connectivity index (χ3v) is 3.89. The quantitative estimate of drug-likeness (QED) is 0.447. The van der Waals surface area contributed by atoms with E-state index in [1.165, 1.54) is 32.9 Å². The molecule has 0 spiro atoms. The fourth-order valence-corrected chi connectivity index (χ4v) is 2.83. The summed E-state index contributed by atoms with van der Waals surface area (Å²) in [5.41, 5.74) is 3.78. The molecule has 1 heterocycles. The van der Waals surface area contributed by atoms with Gasteiger partial charge in [-0.05, 0) is 30.5 Å². The van der Waals surface area contributed by atoms with Crippen LogP contribution in [0.3, 0.4) is 0 Å². The minimum atomic E-state index is 1.21. The first-order valence-electron chi connectivity index (χ1n) is 6.89. The number of benzene rings is 3. The third kappa shape index (κ3) is 1.64. The van der Waals surface area contributed by atoms with Crippen molar-refractivity contribution in [3.8, 4) is 5.69 Å². The highest BCUT2D eigenvalue weighted by atomic mass is 15.0. The number of aryl methyl sites for hydroxylation is 1. The van der Waals surface area contributed by atoms with E-state index in [0.717, 1.165) is 0 Å². The lowest BCUT2D eigenvalue weighted by Crippen LogP contribution is -1.92. The average molecular weight is 257 g/mol. The first-order valence-corrected chi connectivity index (χ1v) is 6.89. The first-order chi connectivity index (χ1) is 9.83. The van der Waals surface area contributed by atoms with Gasteiger partial charge in [-0.15, -0.1) is 0 Å². The highest BCUT2D eigenvalue weighted by Crippen LogP contribution is 2.28. The van der Waals surface area contributed by atoms with Crippen LogP contribution in [0.25, 0.3) is 27.4 Å². The van der Waals surface area contributed by atoms with Gasteiger partial charge in [0.1, 0.15) is 0 Å². The molecule has 0 saturated heterocycles. The fraction of sp³-hybridized carbons (Fsp3) is 0.0526. The number of hydrogen-bond donors (Lipinski definition) is 0. The molecule has 1 nitrogen and oxygen atoms in total. The Morgan fingerprint density at radius 3 is 2.30 bits per heavy atom. The maximum absolute atomic E-state index is 2.27. The van der Waals surface area contributed by atoms with Crippen LogP contribution in [0.15, 0.2) is 72.9 Å². The average Bonchev–Trinajstić information content (AvgIpc) is 2.92. The Morgan fingerprint density at radius 1 is 0.700 bits per heavy atom. The molecular formula is C19H15N. The standard InChI is InChI=1S/C19H15N/c1-14-6-10-17(11-7-14)20-13-12-16-9-8-15-4-2-3-5-18(15)19(16)20/h2-13H,1H3. The molecule has 1 heteroatoms. The molecule has 1 aromatic heterocycles. The third-order valence-electron chi connectivity index (χ3n) is 3.89. The lowest BCUT2D eigenvalue weighted by molar-refractivity contribution is 1.13. The van der Waals surface area contributed by atoms with Gasteiger partial charge in [-0.25, -0.2) is 0 Å². The molecule has 0 aliphatic heterocycles. The number of aromatic nitrogens is 1. The van der Waals surface area contributed by atoms with E-state index >= 15 is 0 Å². The van der Waals surface area contributed by atoms with Gasteiger partial charge in [0.2, 0.25) is 0 Å². The van der Waals surface area contributed by atoms with Gasteiger partial charge < -0.3 is 4.57 Å². The van der Waals surface area contributed by atoms with Crippen molar-refractivity contribution < 1.29 is 0 Å². The molecule has 20 heavy (non-hydrogen) atoms. The fourth-order valence-electron chi connectivity index (χ4n) is 2.83. The summed E-state index contributed by atoms with van der Waals surface area (Å²) in [6, 6.07) is 23.8. The summed E-state index contributed by atoms with van der Waals surface area (Å²) < 4.78 is 2.27. The van der Waals surface area contributed by atoms with Crippen molar-refractivity contribution in [2.45, 2.75) is 6.92 Å². The van der Waals surface area contributed by atoms with Crippen LogP contribution in [0.4, 0.5) is 0 Å². The van der Waals surface area contributed by atoms with E-state index in [2.05, 4.69) is 84.4 Å². The molecule has 3 aromatic carbocycles. The second kappa shape index (κ2) is 4.24. The Bertz CT molecular complexity index is 898. The molecule has 0 radical (unpaired) electrons. The van der Waals surface area contributed by atoms with Gasteiger partial charge in [-0.2, -0.15) is 0 Å². The summed E-state index contributed by atoms with van der Waals surface area (Å²) in [5, 5.41) is 3.87. The van der Waals surface area contributed by atoms with Crippen molar-refractivity contribution in [1.29, 1.82) is 0 Å². The topological polar surface area (TPSA) is 4.93 Å². The SMILES string of the molecule is Cc1ccc(-n2ccc3ccc4ccccc4c32)cc1. The van der Waals surface area contributed by atoms with Crippen molar-refractivity contribution in [3.05, 3.63) is 78.5 Å². The molecule has 0 aliphatic carbocycles. The molecule has 0 N–H and O–H groups in total. The maximum atomic E-state index is 2.27. The zero-order chi connectivity index (χ0) is 13.5. The molecule has 0 saturated carbocycles. The van der Waals surface area contributed by atoms with E-state index in [0.29, 0.717) is 0 Å². The largest absolute Gasteiger partial charge is 0.316 e. The number of fused-ring (bicyclic) bond motifs is 3. The van der Waals surface area contributed by atoms with Crippen molar-refractivity contribution in [1.82, 2.24) is 4.57 Å². The first kappa shape index (κ1) is 11.3. The number of nitrogens with zero attached hydrogens (tertiary/aromatic N) is 1. The van der Waals surface area contributed by atoms with E-state index in [4.69, 9.17) is 0 Å². The van der Waals surface area contributed by atoms with Crippen LogP contribution >= 0.6 is 0 Å². The van der Waals surface area contributed by atoms with Crippen molar-refractivity contribution in [2.75, 3.05) is 0 Å². The highest BCUT2D eigenvalue weighted by Gasteiger charge is 2.06. The lowest BCUT2D eigenvalue weighted by atomic mass is 10.1. The van der Waals surface area contributed by atoms with Crippen molar-refractivity contribution in [2.24, 2.45) is 0 Å². The Morgan fingerprint density at radius 2 is 1.45 bits per heavy atom. The molecule has 0 bridgehead atoms. The summed E-state index contributed by atoms with van der Waals surface area (Å²) in [5.74, 6) is 0. The summed E-state index contributed by atoms with van der Waals surface area (Å²) in [7, 11) is 0. The Hall–Kier alpha value is -2.54. The molecule has 4 aromatic rings. The van der Waals surface area contributed by atoms with Gasteiger partial charge in [0.05, 0.1) is 5.52 Å². The normalized spacial score (nSPS) is 11.2. The van der Waals surface area contributed by atoms with Gasteiger partial charge in [0, 0.05) is 22.7 Å². The van der Waals surface area contributed by atoms with Gasteiger partial charge in [0.15, 0.2) is 0 Å². The summed E-state index contributed by atoms with van der Waals surface area (Å²) in [6.45, 7) is 2.12. The smallest absolute Gasteiger partial charge is 0.0606 e. The van der Waals surface area contributed by atoms with E-state index in [1.54, 1.807) is 0 Å². The van der Waals surface area contributed by atoms with E-state index < -0.39 is 0 Å². The molecule has 4 rings (SSSR count). The number of rotatable bonds is 1. The molecule has 0 amide bonds. The molecule has 0 atom stereocenters. The van der Waals surface area contributed by atoms with Gasteiger partial charge in [-0.3, -0.25) is 0 Å². The second-order valence-corrected chi connectivity index (χ2v) is 5.25. The predicted molar refractivity (Wildman–Crippen MR) is 85.5 cm³/mol. The molecule has 0 aliphatic rings. The predicted octanol–water partition coefficient (Wildman–Crippen LogP) is 5.09. The van der Waals surface area contributed by atoms with Crippen LogP contribution in [0.1, 0.15) is 5.56 Å². The number of hydrogen-bond acceptors (Lipinski definition) is 0. The summed E-state index contributed by atoms with van der Waals surface area (Å²) >= 11 is 0. The van der Waals surface area contributed by atoms with Crippen LogP contribution in [0.2, 0.25) is 0 Å². The zero-order valence-electron chi connectivity index (χ0n) is 11.4. The highest BCUT2D eigenvalue weighted by molar-refractivity contribution is 6.06. The Balaban J connectivity index is 2.09. The lowest BCUT2D eigenvalue weighted by Gasteiger charge is -2.08. The van der Waals surface area contributed by atoms with Crippen LogP contribution < -0.4 is 0 Å². The van der Waals surface area contributed by atoms with Crippen LogP contribution in [0, 0.1) is 6.92 Å². The van der Waals surface area contributed by atoms with Crippen molar-refractivity contribution >= 4 is 21.7 Å². The van der Waals surface area contributed by atoms with Gasteiger partial charge in [0.25, 0.3) is 0 Å². The van der Waals surface area contributed by atoms with Gasteiger partial charge >= 0.3 is 0 Å². The minimum absolute atomic E-state index is 1.21. The summed E-state index contributed by atoms with van der Waals surface area (Å²) in [6.07, 6.45) is 2.15. The molecular weight excluding hydrogens is 242 g/mol. The van der Waals surface area contributed by atoms with Crippen LogP contribution in [-0.2, 0) is 0 Å². The molecule has 0 fully saturated rings. The van der Waals surface area contributed by atoms with Gasteiger partial charge in [-0.1, -0.05) is 54.1 Å². The molecule has 96 valence electrons. The molecule has 0 unspecified atom stereocenters.